The minimum Gasteiger partial charge on any atom is -0.465 e. The lowest BCUT2D eigenvalue weighted by Gasteiger charge is -2.23. The van der Waals surface area contributed by atoms with E-state index in [-0.39, 0.29) is 11.1 Å². The average molecular weight is 283 g/mol. The number of halogens is 1. The quantitative estimate of drug-likeness (QED) is 0.858. The largest absolute Gasteiger partial charge is 0.465 e. The molecular weight excluding hydrogens is 265 g/mol. The third kappa shape index (κ3) is 4.03. The van der Waals surface area contributed by atoms with Gasteiger partial charge in [0.25, 0.3) is 0 Å². The van der Waals surface area contributed by atoms with E-state index >= 15 is 0 Å². The summed E-state index contributed by atoms with van der Waals surface area (Å²) in [6, 6.07) is 2.18. The van der Waals surface area contributed by atoms with Crippen LogP contribution < -0.4 is 5.73 Å². The van der Waals surface area contributed by atoms with Crippen LogP contribution in [0.3, 0.4) is 0 Å². The van der Waals surface area contributed by atoms with Crippen LogP contribution in [0.5, 0.6) is 0 Å². The highest BCUT2D eigenvalue weighted by Gasteiger charge is 2.27. The van der Waals surface area contributed by atoms with E-state index in [1.165, 1.54) is 6.07 Å². The predicted molar refractivity (Wildman–Crippen MR) is 70.5 cm³/mol. The molecule has 1 unspecified atom stereocenters. The van der Waals surface area contributed by atoms with E-state index in [1.807, 2.05) is 0 Å². The van der Waals surface area contributed by atoms with Crippen LogP contribution in [0.2, 0.25) is 0 Å². The van der Waals surface area contributed by atoms with E-state index in [1.54, 1.807) is 20.8 Å². The zero-order valence-corrected chi connectivity index (χ0v) is 11.9. The molecule has 1 rings (SSSR count). The first-order valence-electron chi connectivity index (χ1n) is 6.02. The van der Waals surface area contributed by atoms with Crippen LogP contribution in [0.15, 0.2) is 18.2 Å². The van der Waals surface area contributed by atoms with Gasteiger partial charge in [0.1, 0.15) is 17.5 Å². The second-order valence-electron chi connectivity index (χ2n) is 5.23. The average Bonchev–Trinajstić information content (AvgIpc) is 2.34. The SMILES string of the molecule is COC(=O)c1cc(F)ccc1C(N)C(=O)OC(C)(C)C. The Morgan fingerprint density at radius 3 is 2.40 bits per heavy atom. The van der Waals surface area contributed by atoms with E-state index in [9.17, 15) is 14.0 Å². The summed E-state index contributed by atoms with van der Waals surface area (Å²) in [7, 11) is 1.16. The smallest absolute Gasteiger partial charge is 0.338 e. The summed E-state index contributed by atoms with van der Waals surface area (Å²) in [6.07, 6.45) is 0. The molecule has 0 aromatic heterocycles. The zero-order chi connectivity index (χ0) is 15.5. The fraction of sp³-hybridized carbons (Fsp3) is 0.429. The lowest BCUT2D eigenvalue weighted by molar-refractivity contribution is -0.156. The Morgan fingerprint density at radius 2 is 1.90 bits per heavy atom. The maximum Gasteiger partial charge on any atom is 0.338 e. The van der Waals surface area contributed by atoms with Gasteiger partial charge in [-0.15, -0.1) is 0 Å². The summed E-state index contributed by atoms with van der Waals surface area (Å²) in [5.74, 6) is -2.08. The molecule has 0 spiro atoms. The van der Waals surface area contributed by atoms with Crippen molar-refractivity contribution >= 4 is 11.9 Å². The molecular formula is C14H18FNO4. The molecule has 0 aliphatic carbocycles. The highest BCUT2D eigenvalue weighted by molar-refractivity contribution is 5.93. The molecule has 0 saturated carbocycles. The van der Waals surface area contributed by atoms with Crippen molar-refractivity contribution in [2.45, 2.75) is 32.4 Å². The van der Waals surface area contributed by atoms with Gasteiger partial charge in [-0.05, 0) is 38.5 Å². The first kappa shape index (κ1) is 16.1. The van der Waals surface area contributed by atoms with Crippen molar-refractivity contribution in [1.82, 2.24) is 0 Å². The molecule has 1 atom stereocenters. The zero-order valence-electron chi connectivity index (χ0n) is 11.9. The van der Waals surface area contributed by atoms with Crippen molar-refractivity contribution in [3.05, 3.63) is 35.1 Å². The number of carbonyl (C=O) groups excluding carboxylic acids is 2. The number of esters is 2. The molecule has 0 saturated heterocycles. The minimum absolute atomic E-state index is 0.0918. The summed E-state index contributed by atoms with van der Waals surface area (Å²) in [6.45, 7) is 5.09. The van der Waals surface area contributed by atoms with E-state index in [2.05, 4.69) is 4.74 Å². The van der Waals surface area contributed by atoms with E-state index in [4.69, 9.17) is 10.5 Å². The molecule has 110 valence electrons. The van der Waals surface area contributed by atoms with E-state index in [0.29, 0.717) is 0 Å². The van der Waals surface area contributed by atoms with Gasteiger partial charge < -0.3 is 15.2 Å². The van der Waals surface area contributed by atoms with Crippen LogP contribution in [-0.2, 0) is 14.3 Å². The highest BCUT2D eigenvalue weighted by Crippen LogP contribution is 2.22. The molecule has 0 aliphatic heterocycles. The van der Waals surface area contributed by atoms with Crippen LogP contribution >= 0.6 is 0 Å². The van der Waals surface area contributed by atoms with Crippen molar-refractivity contribution in [2.75, 3.05) is 7.11 Å². The van der Waals surface area contributed by atoms with Gasteiger partial charge in [-0.25, -0.2) is 14.0 Å². The maximum absolute atomic E-state index is 13.2. The standard InChI is InChI=1S/C14H18FNO4/c1-14(2,3)20-13(18)11(16)9-6-5-8(15)7-10(9)12(17)19-4/h5-7,11H,16H2,1-4H3. The maximum atomic E-state index is 13.2. The second-order valence-corrected chi connectivity index (χ2v) is 5.23. The molecule has 1 aromatic rings. The molecule has 0 radical (unpaired) electrons. The van der Waals surface area contributed by atoms with E-state index < -0.39 is 29.4 Å². The number of hydrogen-bond acceptors (Lipinski definition) is 5. The summed E-state index contributed by atoms with van der Waals surface area (Å²) in [5.41, 5.74) is 5.14. The van der Waals surface area contributed by atoms with Gasteiger partial charge in [-0.3, -0.25) is 0 Å². The number of benzene rings is 1. The number of hydrogen-bond donors (Lipinski definition) is 1. The lowest BCUT2D eigenvalue weighted by atomic mass is 10.0. The second kappa shape index (κ2) is 6.00. The number of methoxy groups -OCH3 is 1. The van der Waals surface area contributed by atoms with Crippen molar-refractivity contribution in [3.8, 4) is 0 Å². The van der Waals surface area contributed by atoms with Gasteiger partial charge in [0.15, 0.2) is 0 Å². The third-order valence-electron chi connectivity index (χ3n) is 2.42. The summed E-state index contributed by atoms with van der Waals surface area (Å²) < 4.78 is 22.9. The number of ether oxygens (including phenoxy) is 2. The molecule has 0 heterocycles. The van der Waals surface area contributed by atoms with Gasteiger partial charge in [-0.1, -0.05) is 6.07 Å². The molecule has 6 heteroatoms. The Morgan fingerprint density at radius 1 is 1.30 bits per heavy atom. The topological polar surface area (TPSA) is 78.6 Å². The predicted octanol–water partition coefficient (Wildman–Crippen LogP) is 1.95. The Bertz CT molecular complexity index is 522. The van der Waals surface area contributed by atoms with Gasteiger partial charge >= 0.3 is 11.9 Å². The molecule has 20 heavy (non-hydrogen) atoms. The van der Waals surface area contributed by atoms with Crippen LogP contribution in [0.1, 0.15) is 42.7 Å². The summed E-state index contributed by atoms with van der Waals surface area (Å²) in [4.78, 5) is 23.5. The van der Waals surface area contributed by atoms with Gasteiger partial charge in [0, 0.05) is 0 Å². The fourth-order valence-electron chi connectivity index (χ4n) is 1.58. The highest BCUT2D eigenvalue weighted by atomic mass is 19.1. The van der Waals surface area contributed by atoms with E-state index in [0.717, 1.165) is 19.2 Å². The van der Waals surface area contributed by atoms with Crippen molar-refractivity contribution in [2.24, 2.45) is 5.73 Å². The lowest BCUT2D eigenvalue weighted by Crippen LogP contribution is -2.32. The molecule has 0 bridgehead atoms. The molecule has 0 fully saturated rings. The van der Waals surface area contributed by atoms with Gasteiger partial charge in [0.05, 0.1) is 12.7 Å². The van der Waals surface area contributed by atoms with Gasteiger partial charge in [0.2, 0.25) is 0 Å². The van der Waals surface area contributed by atoms with Crippen molar-refractivity contribution in [1.29, 1.82) is 0 Å². The monoisotopic (exact) mass is 283 g/mol. The molecule has 1 aromatic carbocycles. The minimum atomic E-state index is -1.19. The Labute approximate surface area is 116 Å². The summed E-state index contributed by atoms with van der Waals surface area (Å²) >= 11 is 0. The van der Waals surface area contributed by atoms with Crippen LogP contribution in [-0.4, -0.2) is 24.6 Å². The number of carbonyl (C=O) groups is 2. The van der Waals surface area contributed by atoms with Crippen molar-refractivity contribution in [3.63, 3.8) is 0 Å². The van der Waals surface area contributed by atoms with Crippen molar-refractivity contribution < 1.29 is 23.5 Å². The van der Waals surface area contributed by atoms with Crippen LogP contribution in [0.4, 0.5) is 4.39 Å². The number of rotatable bonds is 3. The molecule has 2 N–H and O–H groups in total. The Balaban J connectivity index is 3.12. The Kier molecular flexibility index (Phi) is 4.83. The molecule has 5 nitrogen and oxygen atoms in total. The van der Waals surface area contributed by atoms with Crippen LogP contribution in [0.25, 0.3) is 0 Å². The number of nitrogens with two attached hydrogens (primary N) is 1. The third-order valence-corrected chi connectivity index (χ3v) is 2.42. The first-order chi connectivity index (χ1) is 9.15. The fourth-order valence-corrected chi connectivity index (χ4v) is 1.58. The first-order valence-corrected chi connectivity index (χ1v) is 6.02. The Hall–Kier alpha value is -1.95. The molecule has 0 amide bonds. The van der Waals surface area contributed by atoms with Crippen LogP contribution in [0, 0.1) is 5.82 Å². The normalized spacial score (nSPS) is 12.7. The van der Waals surface area contributed by atoms with Gasteiger partial charge in [-0.2, -0.15) is 0 Å². The summed E-state index contributed by atoms with van der Waals surface area (Å²) in [5, 5.41) is 0. The molecule has 0 aliphatic rings.